The molecule has 1 aliphatic rings. The molecule has 36 heavy (non-hydrogen) atoms. The smallest absolute Gasteiger partial charge is 0.242 e. The molecule has 196 valence electrons. The second-order valence-corrected chi connectivity index (χ2v) is 10.8. The Morgan fingerprint density at radius 2 is 1.78 bits per heavy atom. The summed E-state index contributed by atoms with van der Waals surface area (Å²) in [6, 6.07) is 11.4. The molecule has 1 atom stereocenters. The van der Waals surface area contributed by atoms with Crippen molar-refractivity contribution in [2.24, 2.45) is 0 Å². The van der Waals surface area contributed by atoms with Crippen LogP contribution in [0.5, 0.6) is 11.5 Å². The maximum absolute atomic E-state index is 13.4. The monoisotopic (exact) mass is 537 g/mol. The molecule has 0 aliphatic carbocycles. The highest BCUT2D eigenvalue weighted by molar-refractivity contribution is 7.92. The highest BCUT2D eigenvalue weighted by atomic mass is 35.5. The van der Waals surface area contributed by atoms with Gasteiger partial charge in [0.2, 0.25) is 28.6 Å². The van der Waals surface area contributed by atoms with Crippen molar-refractivity contribution < 1.29 is 27.5 Å². The van der Waals surface area contributed by atoms with E-state index in [1.165, 1.54) is 4.31 Å². The molecular formula is C25H32ClN3O6S. The zero-order valence-electron chi connectivity index (χ0n) is 20.7. The van der Waals surface area contributed by atoms with Crippen LogP contribution in [0.25, 0.3) is 0 Å². The number of anilines is 1. The van der Waals surface area contributed by atoms with Crippen molar-refractivity contribution in [2.75, 3.05) is 30.4 Å². The van der Waals surface area contributed by atoms with Gasteiger partial charge in [-0.15, -0.1) is 0 Å². The number of sulfonamides is 1. The van der Waals surface area contributed by atoms with Crippen LogP contribution in [0.1, 0.15) is 38.7 Å². The van der Waals surface area contributed by atoms with Gasteiger partial charge in [0.05, 0.1) is 11.9 Å². The van der Waals surface area contributed by atoms with E-state index in [1.54, 1.807) is 35.2 Å². The molecule has 0 aromatic heterocycles. The summed E-state index contributed by atoms with van der Waals surface area (Å²) in [6.07, 6.45) is 1.90. The van der Waals surface area contributed by atoms with Crippen LogP contribution in [0.4, 0.5) is 5.69 Å². The summed E-state index contributed by atoms with van der Waals surface area (Å²) < 4.78 is 37.0. The van der Waals surface area contributed by atoms with Crippen molar-refractivity contribution in [1.82, 2.24) is 10.2 Å². The number of carbonyl (C=O) groups is 2. The Labute approximate surface area is 217 Å². The summed E-state index contributed by atoms with van der Waals surface area (Å²) in [4.78, 5) is 27.6. The van der Waals surface area contributed by atoms with Crippen molar-refractivity contribution in [3.8, 4) is 11.5 Å². The topological polar surface area (TPSA) is 105 Å². The summed E-state index contributed by atoms with van der Waals surface area (Å²) in [5.41, 5.74) is 1.27. The molecule has 1 N–H and O–H groups in total. The van der Waals surface area contributed by atoms with Crippen LogP contribution in [0.3, 0.4) is 0 Å². The Balaban J connectivity index is 1.75. The van der Waals surface area contributed by atoms with Crippen LogP contribution in [-0.2, 0) is 26.2 Å². The highest BCUT2D eigenvalue weighted by Crippen LogP contribution is 2.36. The SMILES string of the molecule is CCNC(=O)[C@H](CC)N(Cc1ccc(Cl)cc1)C(=O)CCCN(c1ccc2c(c1)OCO2)S(C)(=O)=O. The molecule has 3 rings (SSSR count). The molecule has 0 bridgehead atoms. The number of halogens is 1. The minimum atomic E-state index is -3.61. The maximum atomic E-state index is 13.4. The van der Waals surface area contributed by atoms with Crippen molar-refractivity contribution >= 4 is 39.1 Å². The van der Waals surface area contributed by atoms with E-state index in [4.69, 9.17) is 21.1 Å². The van der Waals surface area contributed by atoms with Gasteiger partial charge in [-0.25, -0.2) is 8.42 Å². The van der Waals surface area contributed by atoms with E-state index in [0.717, 1.165) is 11.8 Å². The zero-order valence-corrected chi connectivity index (χ0v) is 22.3. The average Bonchev–Trinajstić information content (AvgIpc) is 3.30. The van der Waals surface area contributed by atoms with Crippen LogP contribution < -0.4 is 19.1 Å². The summed E-state index contributed by atoms with van der Waals surface area (Å²) in [5.74, 6) is 0.568. The fourth-order valence-corrected chi connectivity index (χ4v) is 5.13. The number of rotatable bonds is 12. The number of hydrogen-bond donors (Lipinski definition) is 1. The molecule has 0 spiro atoms. The fraction of sp³-hybridized carbons (Fsp3) is 0.440. The lowest BCUT2D eigenvalue weighted by Gasteiger charge is -2.31. The van der Waals surface area contributed by atoms with Crippen LogP contribution in [-0.4, -0.2) is 57.3 Å². The standard InChI is InChI=1S/C25H32ClN3O6S/c1-4-21(25(31)27-5-2)28(16-18-8-10-19(26)11-9-18)24(30)7-6-14-29(36(3,32)33)20-12-13-22-23(15-20)35-17-34-22/h8-13,15,21H,4-7,14,16-17H2,1-3H3,(H,27,31)/t21-/m0/s1. The molecule has 2 aromatic rings. The van der Waals surface area contributed by atoms with Gasteiger partial charge in [-0.2, -0.15) is 0 Å². The van der Waals surface area contributed by atoms with Gasteiger partial charge in [-0.05, 0) is 49.6 Å². The Hall–Kier alpha value is -2.98. The second-order valence-electron chi connectivity index (χ2n) is 8.44. The van der Waals surface area contributed by atoms with Gasteiger partial charge in [0.25, 0.3) is 0 Å². The number of ether oxygens (including phenoxy) is 2. The molecule has 0 fully saturated rings. The fourth-order valence-electron chi connectivity index (χ4n) is 4.04. The summed E-state index contributed by atoms with van der Waals surface area (Å²) in [7, 11) is -3.61. The Kier molecular flexibility index (Phi) is 9.44. The van der Waals surface area contributed by atoms with Crippen LogP contribution in [0.15, 0.2) is 42.5 Å². The van der Waals surface area contributed by atoms with Crippen LogP contribution >= 0.6 is 11.6 Å². The van der Waals surface area contributed by atoms with Gasteiger partial charge >= 0.3 is 0 Å². The molecule has 0 radical (unpaired) electrons. The van der Waals surface area contributed by atoms with Gasteiger partial charge in [-0.3, -0.25) is 13.9 Å². The van der Waals surface area contributed by atoms with E-state index >= 15 is 0 Å². The predicted molar refractivity (Wildman–Crippen MR) is 139 cm³/mol. The molecule has 11 heteroatoms. The lowest BCUT2D eigenvalue weighted by Crippen LogP contribution is -2.49. The summed E-state index contributed by atoms with van der Waals surface area (Å²) in [5, 5.41) is 3.38. The number of benzene rings is 2. The second kappa shape index (κ2) is 12.3. The summed E-state index contributed by atoms with van der Waals surface area (Å²) in [6.45, 7) is 4.55. The van der Waals surface area contributed by atoms with E-state index in [9.17, 15) is 18.0 Å². The lowest BCUT2D eigenvalue weighted by atomic mass is 10.1. The van der Waals surface area contributed by atoms with Gasteiger partial charge in [0, 0.05) is 37.1 Å². The molecule has 0 saturated heterocycles. The molecular weight excluding hydrogens is 506 g/mol. The van der Waals surface area contributed by atoms with Crippen molar-refractivity contribution in [1.29, 1.82) is 0 Å². The predicted octanol–water partition coefficient (Wildman–Crippen LogP) is 3.56. The highest BCUT2D eigenvalue weighted by Gasteiger charge is 2.29. The van der Waals surface area contributed by atoms with Gasteiger partial charge in [-0.1, -0.05) is 30.7 Å². The number of fused-ring (bicyclic) bond motifs is 1. The molecule has 1 heterocycles. The first kappa shape index (κ1) is 27.6. The number of carbonyl (C=O) groups excluding carboxylic acids is 2. The number of nitrogens with one attached hydrogen (secondary N) is 1. The van der Waals surface area contributed by atoms with E-state index in [-0.39, 0.29) is 44.5 Å². The maximum Gasteiger partial charge on any atom is 0.242 e. The Bertz CT molecular complexity index is 1170. The first-order valence-corrected chi connectivity index (χ1v) is 14.1. The van der Waals surface area contributed by atoms with Crippen LogP contribution in [0, 0.1) is 0 Å². The molecule has 0 saturated carbocycles. The number of likely N-dealkylation sites (N-methyl/N-ethyl adjacent to an activating group) is 1. The number of hydrogen-bond acceptors (Lipinski definition) is 6. The zero-order chi connectivity index (χ0) is 26.3. The average molecular weight is 538 g/mol. The van der Waals surface area contributed by atoms with E-state index in [0.29, 0.717) is 35.2 Å². The number of amides is 2. The van der Waals surface area contributed by atoms with Gasteiger partial charge < -0.3 is 19.7 Å². The minimum absolute atomic E-state index is 0.0695. The van der Waals surface area contributed by atoms with Crippen molar-refractivity contribution in [3.63, 3.8) is 0 Å². The first-order chi connectivity index (χ1) is 17.1. The molecule has 2 aromatic carbocycles. The molecule has 0 unspecified atom stereocenters. The third-order valence-electron chi connectivity index (χ3n) is 5.80. The van der Waals surface area contributed by atoms with Crippen LogP contribution in [0.2, 0.25) is 5.02 Å². The first-order valence-electron chi connectivity index (χ1n) is 11.8. The van der Waals surface area contributed by atoms with E-state index in [1.807, 2.05) is 26.0 Å². The quantitative estimate of drug-likeness (QED) is 0.444. The Morgan fingerprint density at radius 1 is 1.08 bits per heavy atom. The third kappa shape index (κ3) is 7.04. The van der Waals surface area contributed by atoms with Gasteiger partial charge in [0.15, 0.2) is 11.5 Å². The molecule has 9 nitrogen and oxygen atoms in total. The molecule has 1 aliphatic heterocycles. The van der Waals surface area contributed by atoms with Crippen molar-refractivity contribution in [2.45, 2.75) is 45.7 Å². The number of nitrogens with zero attached hydrogens (tertiary/aromatic N) is 2. The van der Waals surface area contributed by atoms with Gasteiger partial charge in [0.1, 0.15) is 6.04 Å². The molecule has 2 amide bonds. The van der Waals surface area contributed by atoms with E-state index < -0.39 is 16.1 Å². The normalized spacial score (nSPS) is 13.2. The minimum Gasteiger partial charge on any atom is -0.454 e. The van der Waals surface area contributed by atoms with Crippen molar-refractivity contribution in [3.05, 3.63) is 53.1 Å². The Morgan fingerprint density at radius 3 is 2.42 bits per heavy atom. The third-order valence-corrected chi connectivity index (χ3v) is 7.25. The largest absolute Gasteiger partial charge is 0.454 e. The van der Waals surface area contributed by atoms with E-state index in [2.05, 4.69) is 5.32 Å². The lowest BCUT2D eigenvalue weighted by molar-refractivity contribution is -0.141. The summed E-state index contributed by atoms with van der Waals surface area (Å²) >= 11 is 6.00.